The summed E-state index contributed by atoms with van der Waals surface area (Å²) in [6.07, 6.45) is 0.266. The lowest BCUT2D eigenvalue weighted by Gasteiger charge is -2.37. The number of rotatable bonds is 11. The fourth-order valence-corrected chi connectivity index (χ4v) is 5.06. The smallest absolute Gasteiger partial charge is 0.237 e. The maximum Gasteiger partial charge on any atom is 0.237 e. The van der Waals surface area contributed by atoms with Crippen molar-refractivity contribution in [2.75, 3.05) is 46.5 Å². The maximum atomic E-state index is 13.3. The van der Waals surface area contributed by atoms with Crippen molar-refractivity contribution in [3.05, 3.63) is 51.7 Å². The molecule has 32 heavy (non-hydrogen) atoms. The van der Waals surface area contributed by atoms with Gasteiger partial charge in [0.2, 0.25) is 5.91 Å². The van der Waals surface area contributed by atoms with Crippen molar-refractivity contribution >= 4 is 17.2 Å². The molecule has 0 spiro atoms. The Morgan fingerprint density at radius 1 is 1.28 bits per heavy atom. The van der Waals surface area contributed by atoms with Crippen LogP contribution in [-0.2, 0) is 16.0 Å². The van der Waals surface area contributed by atoms with Gasteiger partial charge in [-0.1, -0.05) is 32.9 Å². The number of methoxy groups -OCH3 is 1. The lowest BCUT2D eigenvalue weighted by Crippen LogP contribution is -2.48. The van der Waals surface area contributed by atoms with E-state index in [2.05, 4.69) is 37.4 Å². The molecule has 6 nitrogen and oxygen atoms in total. The first-order valence-corrected chi connectivity index (χ1v) is 12.3. The van der Waals surface area contributed by atoms with Crippen molar-refractivity contribution in [2.24, 2.45) is 0 Å². The fourth-order valence-electron chi connectivity index (χ4n) is 4.13. The Balaban J connectivity index is 1.69. The molecular formula is C25H36N2O4S. The van der Waals surface area contributed by atoms with Gasteiger partial charge >= 0.3 is 0 Å². The van der Waals surface area contributed by atoms with Gasteiger partial charge in [0.15, 0.2) is 0 Å². The monoisotopic (exact) mass is 460 g/mol. The predicted octanol–water partition coefficient (Wildman–Crippen LogP) is 3.71. The number of amides is 1. The van der Waals surface area contributed by atoms with Gasteiger partial charge in [0.1, 0.15) is 12.4 Å². The normalized spacial score (nSPS) is 17.0. The van der Waals surface area contributed by atoms with Gasteiger partial charge in [0.25, 0.3) is 0 Å². The number of nitrogens with zero attached hydrogens (tertiary/aromatic N) is 2. The first kappa shape index (κ1) is 24.7. The third kappa shape index (κ3) is 6.32. The lowest BCUT2D eigenvalue weighted by molar-refractivity contribution is -0.136. The molecule has 2 heterocycles. The summed E-state index contributed by atoms with van der Waals surface area (Å²) in [7, 11) is 1.57. The number of fused-ring (bicyclic) bond motifs is 1. The summed E-state index contributed by atoms with van der Waals surface area (Å²) in [5.41, 5.74) is 2.47. The number of aliphatic hydroxyl groups is 1. The van der Waals surface area contributed by atoms with Crippen LogP contribution in [0, 0.1) is 0 Å². The molecule has 0 saturated heterocycles. The van der Waals surface area contributed by atoms with Gasteiger partial charge in [-0.2, -0.15) is 0 Å². The van der Waals surface area contributed by atoms with Gasteiger partial charge < -0.3 is 19.5 Å². The zero-order valence-electron chi connectivity index (χ0n) is 19.6. The molecule has 7 heteroatoms. The highest BCUT2D eigenvalue weighted by Gasteiger charge is 2.33. The Kier molecular flexibility index (Phi) is 9.11. The number of ether oxygens (including phenoxy) is 2. The van der Waals surface area contributed by atoms with E-state index in [-0.39, 0.29) is 25.1 Å². The first-order chi connectivity index (χ1) is 15.4. The highest BCUT2D eigenvalue weighted by molar-refractivity contribution is 7.10. The molecule has 176 valence electrons. The molecule has 2 unspecified atom stereocenters. The minimum atomic E-state index is -0.606. The molecule has 0 fully saturated rings. The number of thiophene rings is 1. The molecule has 0 radical (unpaired) electrons. The van der Waals surface area contributed by atoms with Crippen LogP contribution in [0.2, 0.25) is 0 Å². The molecule has 1 aliphatic rings. The van der Waals surface area contributed by atoms with Crippen LogP contribution in [-0.4, -0.2) is 73.4 Å². The average molecular weight is 461 g/mol. The summed E-state index contributed by atoms with van der Waals surface area (Å²) in [6.45, 7) is 9.10. The molecule has 0 aliphatic carbocycles. The number of benzene rings is 1. The van der Waals surface area contributed by atoms with E-state index < -0.39 is 6.10 Å². The molecule has 2 atom stereocenters. The standard InChI is InChI=1S/C25H36N2O4S/c1-5-26(14-20(28)16-30-4)15-25(29)27-12-10-24-22(11-13-32-24)23(27)17-31-21-8-6-19(7-9-21)18(2)3/h6-9,11,13,18,20,23,28H,5,10,12,14-17H2,1-4H3. The molecule has 2 aromatic rings. The second-order valence-electron chi connectivity index (χ2n) is 8.62. The van der Waals surface area contributed by atoms with Crippen LogP contribution >= 0.6 is 11.3 Å². The van der Waals surface area contributed by atoms with E-state index in [1.54, 1.807) is 18.4 Å². The quantitative estimate of drug-likeness (QED) is 0.554. The SMILES string of the molecule is CCN(CC(=O)N1CCc2sccc2C1COc1ccc(C(C)C)cc1)CC(O)COC. The number of hydrogen-bond acceptors (Lipinski definition) is 6. The van der Waals surface area contributed by atoms with Crippen molar-refractivity contribution < 1.29 is 19.4 Å². The van der Waals surface area contributed by atoms with Crippen LogP contribution in [0.4, 0.5) is 0 Å². The minimum absolute atomic E-state index is 0.0667. The number of aliphatic hydroxyl groups excluding tert-OH is 1. The van der Waals surface area contributed by atoms with E-state index in [4.69, 9.17) is 9.47 Å². The molecule has 3 rings (SSSR count). The van der Waals surface area contributed by atoms with E-state index in [1.165, 1.54) is 16.0 Å². The van der Waals surface area contributed by atoms with Gasteiger partial charge in [-0.15, -0.1) is 11.3 Å². The number of hydrogen-bond donors (Lipinski definition) is 1. The van der Waals surface area contributed by atoms with E-state index in [0.717, 1.165) is 12.2 Å². The van der Waals surface area contributed by atoms with Crippen LogP contribution in [0.3, 0.4) is 0 Å². The van der Waals surface area contributed by atoms with E-state index in [1.807, 2.05) is 28.9 Å². The van der Waals surface area contributed by atoms with Crippen LogP contribution in [0.5, 0.6) is 5.75 Å². The summed E-state index contributed by atoms with van der Waals surface area (Å²) >= 11 is 1.75. The van der Waals surface area contributed by atoms with Crippen molar-refractivity contribution in [3.8, 4) is 5.75 Å². The molecule has 1 N–H and O–H groups in total. The molecule has 1 amide bonds. The Bertz CT molecular complexity index is 852. The topological polar surface area (TPSA) is 62.2 Å². The summed E-state index contributed by atoms with van der Waals surface area (Å²) in [6, 6.07) is 10.2. The highest BCUT2D eigenvalue weighted by Crippen LogP contribution is 2.34. The van der Waals surface area contributed by atoms with Crippen LogP contribution in [0.1, 0.15) is 48.7 Å². The summed E-state index contributed by atoms with van der Waals surface area (Å²) < 4.78 is 11.2. The zero-order chi connectivity index (χ0) is 23.1. The Morgan fingerprint density at radius 2 is 2.03 bits per heavy atom. The van der Waals surface area contributed by atoms with Crippen LogP contribution in [0.25, 0.3) is 0 Å². The number of likely N-dealkylation sites (N-methyl/N-ethyl adjacent to an activating group) is 1. The molecule has 0 bridgehead atoms. The van der Waals surface area contributed by atoms with Gasteiger partial charge in [-0.05, 0) is 53.6 Å². The number of carbonyl (C=O) groups excluding carboxylic acids is 1. The minimum Gasteiger partial charge on any atom is -0.491 e. The zero-order valence-corrected chi connectivity index (χ0v) is 20.4. The van der Waals surface area contributed by atoms with Crippen molar-refractivity contribution in [2.45, 2.75) is 45.3 Å². The van der Waals surface area contributed by atoms with E-state index in [0.29, 0.717) is 32.2 Å². The summed E-state index contributed by atoms with van der Waals surface area (Å²) in [4.78, 5) is 18.6. The second kappa shape index (κ2) is 11.8. The van der Waals surface area contributed by atoms with Gasteiger partial charge in [0, 0.05) is 25.1 Å². The van der Waals surface area contributed by atoms with E-state index >= 15 is 0 Å². The largest absolute Gasteiger partial charge is 0.491 e. The predicted molar refractivity (Wildman–Crippen MR) is 128 cm³/mol. The summed E-state index contributed by atoms with van der Waals surface area (Å²) in [5, 5.41) is 12.2. The highest BCUT2D eigenvalue weighted by atomic mass is 32.1. The third-order valence-corrected chi connectivity index (χ3v) is 7.00. The van der Waals surface area contributed by atoms with Crippen LogP contribution in [0.15, 0.2) is 35.7 Å². The fraction of sp³-hybridized carbons (Fsp3) is 0.560. The molecule has 0 saturated carbocycles. The van der Waals surface area contributed by atoms with Gasteiger partial charge in [0.05, 0.1) is 25.3 Å². The second-order valence-corrected chi connectivity index (χ2v) is 9.62. The Morgan fingerprint density at radius 3 is 2.69 bits per heavy atom. The van der Waals surface area contributed by atoms with Crippen molar-refractivity contribution in [3.63, 3.8) is 0 Å². The molecule has 1 aromatic carbocycles. The van der Waals surface area contributed by atoms with Crippen LogP contribution < -0.4 is 4.74 Å². The Hall–Kier alpha value is -1.93. The first-order valence-electron chi connectivity index (χ1n) is 11.4. The molecular weight excluding hydrogens is 424 g/mol. The van der Waals surface area contributed by atoms with E-state index in [9.17, 15) is 9.90 Å². The van der Waals surface area contributed by atoms with Gasteiger partial charge in [-0.3, -0.25) is 9.69 Å². The Labute approximate surface area is 195 Å². The lowest BCUT2D eigenvalue weighted by atomic mass is 10.00. The molecule has 1 aromatic heterocycles. The van der Waals surface area contributed by atoms with Crippen molar-refractivity contribution in [1.82, 2.24) is 9.80 Å². The maximum absolute atomic E-state index is 13.3. The average Bonchev–Trinajstić information content (AvgIpc) is 3.26. The number of carbonyl (C=O) groups is 1. The van der Waals surface area contributed by atoms with Crippen molar-refractivity contribution in [1.29, 1.82) is 0 Å². The van der Waals surface area contributed by atoms with Gasteiger partial charge in [-0.25, -0.2) is 0 Å². The summed E-state index contributed by atoms with van der Waals surface area (Å²) in [5.74, 6) is 1.37. The third-order valence-electron chi connectivity index (χ3n) is 6.00. The molecule has 1 aliphatic heterocycles.